The van der Waals surface area contributed by atoms with E-state index in [4.69, 9.17) is 9.47 Å². The van der Waals surface area contributed by atoms with Crippen molar-refractivity contribution in [2.45, 2.75) is 46.1 Å². The van der Waals surface area contributed by atoms with E-state index in [1.54, 1.807) is 0 Å². The number of hydrogen-bond donors (Lipinski definition) is 1. The first-order chi connectivity index (χ1) is 9.81. The number of benzene rings is 1. The molecule has 0 spiro atoms. The quantitative estimate of drug-likeness (QED) is 0.622. The number of nitrogens with one attached hydrogen (secondary N) is 1. The molecule has 0 fully saturated rings. The summed E-state index contributed by atoms with van der Waals surface area (Å²) >= 11 is 0. The van der Waals surface area contributed by atoms with Crippen molar-refractivity contribution in [1.82, 2.24) is 5.32 Å². The largest absolute Gasteiger partial charge is 0.491 e. The molecule has 0 heterocycles. The summed E-state index contributed by atoms with van der Waals surface area (Å²) in [5, 5.41) is 3.49. The van der Waals surface area contributed by atoms with Crippen LogP contribution in [0.4, 0.5) is 0 Å². The Bertz CT molecular complexity index is 355. The van der Waals surface area contributed by atoms with Gasteiger partial charge in [0, 0.05) is 12.6 Å². The first-order valence-corrected chi connectivity index (χ1v) is 7.85. The van der Waals surface area contributed by atoms with E-state index >= 15 is 0 Å². The molecule has 0 bridgehead atoms. The van der Waals surface area contributed by atoms with Crippen molar-refractivity contribution in [3.8, 4) is 5.75 Å². The Morgan fingerprint density at radius 1 is 1.10 bits per heavy atom. The van der Waals surface area contributed by atoms with Gasteiger partial charge >= 0.3 is 0 Å². The summed E-state index contributed by atoms with van der Waals surface area (Å²) in [5.74, 6) is 0.929. The molecule has 1 atom stereocenters. The molecule has 1 N–H and O–H groups in total. The highest BCUT2D eigenvalue weighted by Gasteiger charge is 2.08. The molecule has 1 aromatic carbocycles. The molecular formula is C17H29NO2. The average molecular weight is 279 g/mol. The maximum absolute atomic E-state index is 5.75. The van der Waals surface area contributed by atoms with Crippen LogP contribution in [0.25, 0.3) is 0 Å². The van der Waals surface area contributed by atoms with Crippen molar-refractivity contribution < 1.29 is 9.47 Å². The first kappa shape index (κ1) is 17.0. The SMILES string of the molecule is CCCCOCCOc1cccc(C(CC)NCC)c1. The predicted octanol–water partition coefficient (Wildman–Crippen LogP) is 3.94. The Hall–Kier alpha value is -1.06. The van der Waals surface area contributed by atoms with Crippen LogP contribution in [0.3, 0.4) is 0 Å². The molecule has 0 saturated carbocycles. The van der Waals surface area contributed by atoms with Crippen molar-refractivity contribution in [3.63, 3.8) is 0 Å². The van der Waals surface area contributed by atoms with Crippen LogP contribution in [0.15, 0.2) is 24.3 Å². The van der Waals surface area contributed by atoms with Crippen molar-refractivity contribution in [2.75, 3.05) is 26.4 Å². The van der Waals surface area contributed by atoms with E-state index in [1.807, 2.05) is 6.07 Å². The van der Waals surface area contributed by atoms with Gasteiger partial charge in [-0.25, -0.2) is 0 Å². The van der Waals surface area contributed by atoms with Gasteiger partial charge in [0.15, 0.2) is 0 Å². The Morgan fingerprint density at radius 2 is 1.95 bits per heavy atom. The predicted molar refractivity (Wildman–Crippen MR) is 84.4 cm³/mol. The lowest BCUT2D eigenvalue weighted by molar-refractivity contribution is 0.0980. The lowest BCUT2D eigenvalue weighted by atomic mass is 10.0. The van der Waals surface area contributed by atoms with Gasteiger partial charge in [-0.3, -0.25) is 0 Å². The van der Waals surface area contributed by atoms with Gasteiger partial charge in [-0.2, -0.15) is 0 Å². The Labute approximate surface area is 123 Å². The summed E-state index contributed by atoms with van der Waals surface area (Å²) in [6.45, 7) is 9.59. The van der Waals surface area contributed by atoms with Gasteiger partial charge in [0.1, 0.15) is 12.4 Å². The number of ether oxygens (including phenoxy) is 2. The Kier molecular flexibility index (Phi) is 9.09. The van der Waals surface area contributed by atoms with Crippen LogP contribution in [-0.4, -0.2) is 26.4 Å². The highest BCUT2D eigenvalue weighted by molar-refractivity contribution is 5.30. The fraction of sp³-hybridized carbons (Fsp3) is 0.647. The van der Waals surface area contributed by atoms with Crippen molar-refractivity contribution in [1.29, 1.82) is 0 Å². The van der Waals surface area contributed by atoms with Gasteiger partial charge in [-0.15, -0.1) is 0 Å². The fourth-order valence-electron chi connectivity index (χ4n) is 2.13. The maximum atomic E-state index is 5.75. The Morgan fingerprint density at radius 3 is 2.65 bits per heavy atom. The highest BCUT2D eigenvalue weighted by atomic mass is 16.5. The summed E-state index contributed by atoms with van der Waals surface area (Å²) in [5.41, 5.74) is 1.29. The van der Waals surface area contributed by atoms with Crippen LogP contribution < -0.4 is 10.1 Å². The van der Waals surface area contributed by atoms with Gasteiger partial charge in [0.2, 0.25) is 0 Å². The zero-order valence-electron chi connectivity index (χ0n) is 13.2. The molecule has 0 saturated heterocycles. The second-order valence-corrected chi connectivity index (χ2v) is 4.91. The van der Waals surface area contributed by atoms with E-state index < -0.39 is 0 Å². The van der Waals surface area contributed by atoms with E-state index in [2.05, 4.69) is 44.3 Å². The molecule has 0 aliphatic carbocycles. The van der Waals surface area contributed by atoms with Gasteiger partial charge in [-0.1, -0.05) is 39.3 Å². The number of rotatable bonds is 11. The molecule has 0 amide bonds. The molecule has 3 nitrogen and oxygen atoms in total. The highest BCUT2D eigenvalue weighted by Crippen LogP contribution is 2.21. The van der Waals surface area contributed by atoms with E-state index in [0.29, 0.717) is 19.3 Å². The molecule has 20 heavy (non-hydrogen) atoms. The van der Waals surface area contributed by atoms with Crippen LogP contribution in [0.1, 0.15) is 51.6 Å². The van der Waals surface area contributed by atoms with Crippen LogP contribution >= 0.6 is 0 Å². The number of hydrogen-bond acceptors (Lipinski definition) is 3. The number of unbranched alkanes of at least 4 members (excludes halogenated alkanes) is 1. The third-order valence-corrected chi connectivity index (χ3v) is 3.26. The van der Waals surface area contributed by atoms with Crippen LogP contribution in [0.2, 0.25) is 0 Å². The van der Waals surface area contributed by atoms with Gasteiger partial charge in [0.25, 0.3) is 0 Å². The first-order valence-electron chi connectivity index (χ1n) is 7.85. The maximum Gasteiger partial charge on any atom is 0.119 e. The normalized spacial score (nSPS) is 12.3. The molecular weight excluding hydrogens is 250 g/mol. The van der Waals surface area contributed by atoms with Gasteiger partial charge in [-0.05, 0) is 37.1 Å². The third kappa shape index (κ3) is 6.40. The zero-order valence-corrected chi connectivity index (χ0v) is 13.2. The smallest absolute Gasteiger partial charge is 0.119 e. The fourth-order valence-corrected chi connectivity index (χ4v) is 2.13. The second kappa shape index (κ2) is 10.7. The minimum Gasteiger partial charge on any atom is -0.491 e. The van der Waals surface area contributed by atoms with Gasteiger partial charge < -0.3 is 14.8 Å². The molecule has 114 valence electrons. The van der Waals surface area contributed by atoms with E-state index in [0.717, 1.165) is 31.7 Å². The molecule has 1 unspecified atom stereocenters. The molecule has 1 aromatic rings. The molecule has 3 heteroatoms. The topological polar surface area (TPSA) is 30.5 Å². The van der Waals surface area contributed by atoms with E-state index in [1.165, 1.54) is 12.0 Å². The summed E-state index contributed by atoms with van der Waals surface area (Å²) in [6, 6.07) is 8.76. The van der Waals surface area contributed by atoms with Crippen molar-refractivity contribution >= 4 is 0 Å². The second-order valence-electron chi connectivity index (χ2n) is 4.91. The third-order valence-electron chi connectivity index (χ3n) is 3.26. The van der Waals surface area contributed by atoms with E-state index in [-0.39, 0.29) is 0 Å². The molecule has 0 aliphatic heterocycles. The van der Waals surface area contributed by atoms with Crippen molar-refractivity contribution in [3.05, 3.63) is 29.8 Å². The standard InChI is InChI=1S/C17H29NO2/c1-4-7-11-19-12-13-20-16-10-8-9-15(14-16)17(5-2)18-6-3/h8-10,14,17-18H,4-7,11-13H2,1-3H3. The summed E-state index contributed by atoms with van der Waals surface area (Å²) in [7, 11) is 0. The molecule has 1 rings (SSSR count). The average Bonchev–Trinajstić information content (AvgIpc) is 2.48. The lowest BCUT2D eigenvalue weighted by Crippen LogP contribution is -2.20. The molecule has 0 aliphatic rings. The Balaban J connectivity index is 2.39. The lowest BCUT2D eigenvalue weighted by Gasteiger charge is -2.17. The van der Waals surface area contributed by atoms with Crippen LogP contribution in [-0.2, 0) is 4.74 Å². The van der Waals surface area contributed by atoms with Gasteiger partial charge in [0.05, 0.1) is 6.61 Å². The molecule has 0 radical (unpaired) electrons. The van der Waals surface area contributed by atoms with Crippen LogP contribution in [0.5, 0.6) is 5.75 Å². The minimum absolute atomic E-state index is 0.407. The van der Waals surface area contributed by atoms with Crippen LogP contribution in [0, 0.1) is 0 Å². The summed E-state index contributed by atoms with van der Waals surface area (Å²) in [6.07, 6.45) is 3.37. The molecule has 0 aromatic heterocycles. The summed E-state index contributed by atoms with van der Waals surface area (Å²) < 4.78 is 11.2. The van der Waals surface area contributed by atoms with E-state index in [9.17, 15) is 0 Å². The van der Waals surface area contributed by atoms with Crippen molar-refractivity contribution in [2.24, 2.45) is 0 Å². The zero-order chi connectivity index (χ0) is 14.6. The summed E-state index contributed by atoms with van der Waals surface area (Å²) in [4.78, 5) is 0. The monoisotopic (exact) mass is 279 g/mol. The minimum atomic E-state index is 0.407.